The second-order valence-electron chi connectivity index (χ2n) is 8.22. The lowest BCUT2D eigenvalue weighted by atomic mass is 9.97. The second kappa shape index (κ2) is 9.11. The molecule has 9 heteroatoms. The van der Waals surface area contributed by atoms with E-state index in [0.29, 0.717) is 18.1 Å². The van der Waals surface area contributed by atoms with Crippen molar-refractivity contribution in [2.75, 3.05) is 18.0 Å². The average Bonchev–Trinajstić information content (AvgIpc) is 3.40. The number of nitrogens with zero attached hydrogens (tertiary/aromatic N) is 4. The Bertz CT molecular complexity index is 1300. The highest BCUT2D eigenvalue weighted by atomic mass is 35.5. The largest absolute Gasteiger partial charge is 0.352 e. The summed E-state index contributed by atoms with van der Waals surface area (Å²) in [7, 11) is 0. The van der Waals surface area contributed by atoms with Crippen molar-refractivity contribution in [3.63, 3.8) is 0 Å². The van der Waals surface area contributed by atoms with E-state index in [9.17, 15) is 9.18 Å². The number of nitrogens with one attached hydrogen (secondary N) is 1. The first-order valence-corrected chi connectivity index (χ1v) is 12.1. The van der Waals surface area contributed by atoms with Gasteiger partial charge in [0, 0.05) is 24.7 Å². The summed E-state index contributed by atoms with van der Waals surface area (Å²) in [6, 6.07) is 13.8. The number of benzene rings is 2. The molecule has 1 aliphatic heterocycles. The standard InChI is InChI=1S/C24H23ClFN5OS/c1-15-21-22(31(29-15)19-10-8-18(26)9-11-19)28-24(33-21)30-12-4-6-17(14-30)23(32)27-13-16-5-2-3-7-20(16)25/h2-3,5,7-11,17H,4,6,12-14H2,1H3,(H,27,32)/t17-/m1/s1. The van der Waals surface area contributed by atoms with Gasteiger partial charge in [0.25, 0.3) is 0 Å². The summed E-state index contributed by atoms with van der Waals surface area (Å²) in [5.41, 5.74) is 3.31. The minimum atomic E-state index is -0.287. The molecule has 0 spiro atoms. The second-order valence-corrected chi connectivity index (χ2v) is 9.60. The van der Waals surface area contributed by atoms with Gasteiger partial charge in [0.15, 0.2) is 10.8 Å². The molecule has 0 unspecified atom stereocenters. The molecule has 33 heavy (non-hydrogen) atoms. The van der Waals surface area contributed by atoms with E-state index in [2.05, 4.69) is 15.3 Å². The van der Waals surface area contributed by atoms with Crippen LogP contribution in [0.15, 0.2) is 48.5 Å². The number of aromatic nitrogens is 3. The molecule has 1 N–H and O–H groups in total. The molecule has 0 aliphatic carbocycles. The first-order valence-electron chi connectivity index (χ1n) is 10.9. The molecule has 1 aliphatic rings. The molecule has 3 heterocycles. The van der Waals surface area contributed by atoms with E-state index in [1.807, 2.05) is 31.2 Å². The van der Waals surface area contributed by atoms with Gasteiger partial charge in [0.2, 0.25) is 5.91 Å². The van der Waals surface area contributed by atoms with E-state index >= 15 is 0 Å². The molecule has 1 saturated heterocycles. The van der Waals surface area contributed by atoms with Crippen molar-refractivity contribution in [3.8, 4) is 5.69 Å². The Morgan fingerprint density at radius 2 is 2.03 bits per heavy atom. The molecule has 1 fully saturated rings. The fraction of sp³-hybridized carbons (Fsp3) is 0.292. The van der Waals surface area contributed by atoms with Crippen LogP contribution in [0, 0.1) is 18.7 Å². The van der Waals surface area contributed by atoms with Crippen LogP contribution in [-0.2, 0) is 11.3 Å². The number of halogens is 2. The molecule has 0 bridgehead atoms. The summed E-state index contributed by atoms with van der Waals surface area (Å²) in [4.78, 5) is 19.9. The highest BCUT2D eigenvalue weighted by Gasteiger charge is 2.28. The fourth-order valence-corrected chi connectivity index (χ4v) is 5.38. The maximum Gasteiger partial charge on any atom is 0.225 e. The van der Waals surface area contributed by atoms with Gasteiger partial charge >= 0.3 is 0 Å². The van der Waals surface area contributed by atoms with Crippen molar-refractivity contribution in [3.05, 3.63) is 70.6 Å². The van der Waals surface area contributed by atoms with Gasteiger partial charge in [-0.1, -0.05) is 41.1 Å². The summed E-state index contributed by atoms with van der Waals surface area (Å²) in [5.74, 6) is -0.359. The summed E-state index contributed by atoms with van der Waals surface area (Å²) in [6.45, 7) is 3.84. The van der Waals surface area contributed by atoms with Crippen LogP contribution in [0.1, 0.15) is 24.1 Å². The van der Waals surface area contributed by atoms with Crippen molar-refractivity contribution >= 4 is 44.3 Å². The van der Waals surface area contributed by atoms with E-state index in [0.717, 1.165) is 51.8 Å². The van der Waals surface area contributed by atoms with Gasteiger partial charge in [-0.15, -0.1) is 0 Å². The number of piperidine rings is 1. The Kier molecular flexibility index (Phi) is 6.03. The summed E-state index contributed by atoms with van der Waals surface area (Å²) >= 11 is 7.79. The van der Waals surface area contributed by atoms with Crippen LogP contribution in [0.3, 0.4) is 0 Å². The van der Waals surface area contributed by atoms with E-state index in [1.165, 1.54) is 12.1 Å². The monoisotopic (exact) mass is 483 g/mol. The zero-order valence-corrected chi connectivity index (χ0v) is 19.7. The lowest BCUT2D eigenvalue weighted by Gasteiger charge is -2.31. The Morgan fingerprint density at radius 1 is 1.24 bits per heavy atom. The third-order valence-corrected chi connectivity index (χ3v) is 7.50. The van der Waals surface area contributed by atoms with E-state index < -0.39 is 0 Å². The van der Waals surface area contributed by atoms with Gasteiger partial charge in [0.1, 0.15) is 5.82 Å². The van der Waals surface area contributed by atoms with Gasteiger partial charge < -0.3 is 10.2 Å². The predicted octanol–water partition coefficient (Wildman–Crippen LogP) is 5.12. The molecule has 0 radical (unpaired) electrons. The van der Waals surface area contributed by atoms with Gasteiger partial charge in [-0.3, -0.25) is 4.79 Å². The van der Waals surface area contributed by atoms with Crippen molar-refractivity contribution in [2.45, 2.75) is 26.3 Å². The highest BCUT2D eigenvalue weighted by Crippen LogP contribution is 2.34. The number of aryl methyl sites for hydroxylation is 1. The summed E-state index contributed by atoms with van der Waals surface area (Å²) in [5, 5.41) is 9.16. The third kappa shape index (κ3) is 4.45. The van der Waals surface area contributed by atoms with Gasteiger partial charge in [-0.05, 0) is 55.7 Å². The molecular weight excluding hydrogens is 461 g/mol. The molecule has 170 valence electrons. The number of hydrogen-bond donors (Lipinski definition) is 1. The smallest absolute Gasteiger partial charge is 0.225 e. The number of hydrogen-bond acceptors (Lipinski definition) is 5. The van der Waals surface area contributed by atoms with Gasteiger partial charge in [-0.25, -0.2) is 9.07 Å². The molecule has 6 nitrogen and oxygen atoms in total. The van der Waals surface area contributed by atoms with Crippen LogP contribution < -0.4 is 10.2 Å². The first-order chi connectivity index (χ1) is 16.0. The van der Waals surface area contributed by atoms with Crippen molar-refractivity contribution < 1.29 is 9.18 Å². The van der Waals surface area contributed by atoms with Gasteiger partial charge in [-0.2, -0.15) is 10.1 Å². The normalized spacial score (nSPS) is 16.3. The maximum absolute atomic E-state index is 13.4. The molecule has 2 aromatic heterocycles. The number of carbonyl (C=O) groups excluding carboxylic acids is 1. The number of rotatable bonds is 5. The van der Waals surface area contributed by atoms with E-state index in [-0.39, 0.29) is 17.6 Å². The average molecular weight is 484 g/mol. The maximum atomic E-state index is 13.4. The summed E-state index contributed by atoms with van der Waals surface area (Å²) in [6.07, 6.45) is 1.77. The Morgan fingerprint density at radius 3 is 2.82 bits per heavy atom. The van der Waals surface area contributed by atoms with Crippen molar-refractivity contribution in [2.24, 2.45) is 5.92 Å². The lowest BCUT2D eigenvalue weighted by molar-refractivity contribution is -0.125. The minimum Gasteiger partial charge on any atom is -0.352 e. The van der Waals surface area contributed by atoms with Crippen LogP contribution in [0.2, 0.25) is 5.02 Å². The van der Waals surface area contributed by atoms with Crippen LogP contribution in [0.25, 0.3) is 16.0 Å². The number of thiazole rings is 1. The van der Waals surface area contributed by atoms with Crippen molar-refractivity contribution in [1.82, 2.24) is 20.1 Å². The van der Waals surface area contributed by atoms with Crippen molar-refractivity contribution in [1.29, 1.82) is 0 Å². The van der Waals surface area contributed by atoms with E-state index in [1.54, 1.807) is 28.2 Å². The number of amides is 1. The molecule has 5 rings (SSSR count). The SMILES string of the molecule is Cc1nn(-c2ccc(F)cc2)c2nc(N3CCC[C@@H](C(=O)NCc4ccccc4Cl)C3)sc12. The minimum absolute atomic E-state index is 0.0365. The number of anilines is 1. The molecular formula is C24H23ClFN5OS. The fourth-order valence-electron chi connectivity index (χ4n) is 4.15. The zero-order valence-electron chi connectivity index (χ0n) is 18.1. The Labute approximate surface area is 200 Å². The molecule has 1 amide bonds. The first kappa shape index (κ1) is 21.9. The number of fused-ring (bicyclic) bond motifs is 1. The van der Waals surface area contributed by atoms with Crippen LogP contribution in [0.4, 0.5) is 9.52 Å². The highest BCUT2D eigenvalue weighted by molar-refractivity contribution is 7.22. The topological polar surface area (TPSA) is 63.1 Å². The predicted molar refractivity (Wildman–Crippen MR) is 130 cm³/mol. The van der Waals surface area contributed by atoms with Crippen LogP contribution >= 0.6 is 22.9 Å². The zero-order chi connectivity index (χ0) is 22.9. The number of carbonyl (C=O) groups is 1. The molecule has 0 saturated carbocycles. The third-order valence-electron chi connectivity index (χ3n) is 5.92. The lowest BCUT2D eigenvalue weighted by Crippen LogP contribution is -2.43. The van der Waals surface area contributed by atoms with Crippen LogP contribution in [0.5, 0.6) is 0 Å². The Hall–Kier alpha value is -2.97. The summed E-state index contributed by atoms with van der Waals surface area (Å²) < 4.78 is 16.1. The van der Waals surface area contributed by atoms with Crippen LogP contribution in [-0.4, -0.2) is 33.8 Å². The quantitative estimate of drug-likeness (QED) is 0.428. The Balaban J connectivity index is 1.32. The van der Waals surface area contributed by atoms with E-state index in [4.69, 9.17) is 16.6 Å². The van der Waals surface area contributed by atoms with Gasteiger partial charge in [0.05, 0.1) is 22.0 Å². The molecule has 2 aromatic carbocycles. The molecule has 4 aromatic rings. The molecule has 1 atom stereocenters.